The summed E-state index contributed by atoms with van der Waals surface area (Å²) in [5.41, 5.74) is 6.31. The Labute approximate surface area is 208 Å². The van der Waals surface area contributed by atoms with Crippen molar-refractivity contribution in [1.82, 2.24) is 15.5 Å². The average Bonchev–Trinajstić information content (AvgIpc) is 3.57. The monoisotopic (exact) mass is 506 g/mol. The van der Waals surface area contributed by atoms with Crippen molar-refractivity contribution in [2.24, 2.45) is 0 Å². The summed E-state index contributed by atoms with van der Waals surface area (Å²) < 4.78 is 11.2. The second-order valence-electron chi connectivity index (χ2n) is 9.34. The highest BCUT2D eigenvalue weighted by atomic mass is 35.5. The van der Waals surface area contributed by atoms with E-state index in [2.05, 4.69) is 10.6 Å². The van der Waals surface area contributed by atoms with Gasteiger partial charge < -0.3 is 30.7 Å². The topological polar surface area (TPSA) is 140 Å². The van der Waals surface area contributed by atoms with E-state index in [-0.39, 0.29) is 34.9 Å². The van der Waals surface area contributed by atoms with Gasteiger partial charge in [0.2, 0.25) is 18.1 Å². The zero-order valence-corrected chi connectivity index (χ0v) is 20.4. The SMILES string of the molecule is C[C@H](NC(=O)c1ccc(N)c(Cl)c1)C(=O)N1CCC[C@H]1C(=O)NC1CC(=O)O[C@@H]1OC1CCCC1. The van der Waals surface area contributed by atoms with Crippen molar-refractivity contribution < 1.29 is 28.7 Å². The molecule has 0 radical (unpaired) electrons. The van der Waals surface area contributed by atoms with Crippen LogP contribution in [0.3, 0.4) is 0 Å². The summed E-state index contributed by atoms with van der Waals surface area (Å²) in [6.45, 7) is 1.97. The normalized spacial score (nSPS) is 25.4. The molecular weight excluding hydrogens is 476 g/mol. The van der Waals surface area contributed by atoms with Gasteiger partial charge in [0.1, 0.15) is 18.1 Å². The summed E-state index contributed by atoms with van der Waals surface area (Å²) in [6, 6.07) is 2.32. The predicted molar refractivity (Wildman–Crippen MR) is 127 cm³/mol. The number of nitrogens with two attached hydrogens (primary N) is 1. The van der Waals surface area contributed by atoms with Crippen LogP contribution in [0.25, 0.3) is 0 Å². The van der Waals surface area contributed by atoms with Crippen LogP contribution in [-0.4, -0.2) is 65.7 Å². The molecular formula is C24H31ClN4O6. The number of amides is 3. The number of carbonyl (C=O) groups is 4. The van der Waals surface area contributed by atoms with E-state index in [0.29, 0.717) is 25.1 Å². The molecule has 1 saturated carbocycles. The third kappa shape index (κ3) is 5.87. The molecule has 2 saturated heterocycles. The summed E-state index contributed by atoms with van der Waals surface area (Å²) in [4.78, 5) is 52.1. The lowest BCUT2D eigenvalue weighted by molar-refractivity contribution is -0.176. The Bertz CT molecular complexity index is 998. The van der Waals surface area contributed by atoms with Gasteiger partial charge in [-0.1, -0.05) is 24.4 Å². The molecule has 1 unspecified atom stereocenters. The zero-order valence-electron chi connectivity index (χ0n) is 19.6. The maximum absolute atomic E-state index is 13.1. The molecule has 0 bridgehead atoms. The highest BCUT2D eigenvalue weighted by Crippen LogP contribution is 2.27. The maximum atomic E-state index is 13.1. The average molecular weight is 507 g/mol. The molecule has 190 valence electrons. The van der Waals surface area contributed by atoms with Gasteiger partial charge in [-0.15, -0.1) is 0 Å². The number of likely N-dealkylation sites (tertiary alicyclic amines) is 1. The fourth-order valence-corrected chi connectivity index (χ4v) is 5.01. The highest BCUT2D eigenvalue weighted by Gasteiger charge is 2.42. The van der Waals surface area contributed by atoms with Crippen LogP contribution in [0.15, 0.2) is 18.2 Å². The van der Waals surface area contributed by atoms with Crippen molar-refractivity contribution in [3.63, 3.8) is 0 Å². The molecule has 1 aliphatic carbocycles. The molecule has 3 fully saturated rings. The Morgan fingerprint density at radius 2 is 1.94 bits per heavy atom. The molecule has 2 aliphatic heterocycles. The van der Waals surface area contributed by atoms with E-state index in [4.69, 9.17) is 26.8 Å². The van der Waals surface area contributed by atoms with Gasteiger partial charge in [-0.05, 0) is 50.8 Å². The van der Waals surface area contributed by atoms with Crippen molar-refractivity contribution in [2.75, 3.05) is 12.3 Å². The molecule has 4 atom stereocenters. The third-order valence-corrected chi connectivity index (χ3v) is 7.07. The number of anilines is 1. The number of nitrogens with zero attached hydrogens (tertiary/aromatic N) is 1. The molecule has 1 aromatic rings. The van der Waals surface area contributed by atoms with E-state index < -0.39 is 36.3 Å². The van der Waals surface area contributed by atoms with Gasteiger partial charge in [-0.3, -0.25) is 19.2 Å². The van der Waals surface area contributed by atoms with Crippen molar-refractivity contribution in [3.05, 3.63) is 28.8 Å². The minimum atomic E-state index is -0.859. The van der Waals surface area contributed by atoms with Gasteiger partial charge in [-0.25, -0.2) is 0 Å². The largest absolute Gasteiger partial charge is 0.433 e. The van der Waals surface area contributed by atoms with E-state index >= 15 is 0 Å². The summed E-state index contributed by atoms with van der Waals surface area (Å²) in [5, 5.41) is 5.77. The Morgan fingerprint density at radius 3 is 2.66 bits per heavy atom. The lowest BCUT2D eigenvalue weighted by atomic mass is 10.1. The minimum Gasteiger partial charge on any atom is -0.433 e. The quantitative estimate of drug-likeness (QED) is 0.378. The summed E-state index contributed by atoms with van der Waals surface area (Å²) in [5.74, 6) is -1.61. The van der Waals surface area contributed by atoms with E-state index in [1.807, 2.05) is 0 Å². The molecule has 4 N–H and O–H groups in total. The summed E-state index contributed by atoms with van der Waals surface area (Å²) in [6.07, 6.45) is 4.34. The molecule has 10 nitrogen and oxygen atoms in total. The first-order chi connectivity index (χ1) is 16.7. The summed E-state index contributed by atoms with van der Waals surface area (Å²) >= 11 is 5.99. The number of hydrogen-bond acceptors (Lipinski definition) is 7. The first-order valence-electron chi connectivity index (χ1n) is 12.0. The van der Waals surface area contributed by atoms with Gasteiger partial charge in [0, 0.05) is 12.1 Å². The number of nitrogens with one attached hydrogen (secondary N) is 2. The van der Waals surface area contributed by atoms with E-state index in [1.165, 1.54) is 23.1 Å². The van der Waals surface area contributed by atoms with Crippen LogP contribution >= 0.6 is 11.6 Å². The zero-order chi connectivity index (χ0) is 25.1. The third-order valence-electron chi connectivity index (χ3n) is 6.74. The Morgan fingerprint density at radius 1 is 1.20 bits per heavy atom. The van der Waals surface area contributed by atoms with Crippen LogP contribution in [0.4, 0.5) is 5.69 Å². The van der Waals surface area contributed by atoms with Crippen molar-refractivity contribution in [2.45, 2.75) is 82.4 Å². The number of cyclic esters (lactones) is 1. The standard InChI is InChI=1S/C24H31ClN4O6/c1-13(27-21(31)14-8-9-17(26)16(25)11-14)23(33)29-10-4-7-19(29)22(32)28-18-12-20(30)35-24(18)34-15-5-2-3-6-15/h8-9,11,13,15,18-19,24H,2-7,10,12,26H2,1H3,(H,27,31)(H,28,32)/t13-,18?,19-,24-/m0/s1. The van der Waals surface area contributed by atoms with Gasteiger partial charge in [0.25, 0.3) is 5.91 Å². The van der Waals surface area contributed by atoms with E-state index in [9.17, 15) is 19.2 Å². The Kier molecular flexibility index (Phi) is 7.81. The molecule has 35 heavy (non-hydrogen) atoms. The van der Waals surface area contributed by atoms with Gasteiger partial charge >= 0.3 is 5.97 Å². The lowest BCUT2D eigenvalue weighted by Crippen LogP contribution is -2.54. The molecule has 0 spiro atoms. The first kappa shape index (κ1) is 25.2. The smallest absolute Gasteiger partial charge is 0.310 e. The van der Waals surface area contributed by atoms with Gasteiger partial charge in [-0.2, -0.15) is 0 Å². The van der Waals surface area contributed by atoms with Crippen molar-refractivity contribution >= 4 is 41.0 Å². The number of halogens is 1. The second kappa shape index (κ2) is 10.8. The fraction of sp³-hybridized carbons (Fsp3) is 0.583. The van der Waals surface area contributed by atoms with Crippen molar-refractivity contribution in [1.29, 1.82) is 0 Å². The predicted octanol–water partition coefficient (Wildman–Crippen LogP) is 1.75. The number of esters is 1. The first-order valence-corrected chi connectivity index (χ1v) is 12.4. The number of hydrogen-bond donors (Lipinski definition) is 3. The van der Waals surface area contributed by atoms with Crippen LogP contribution in [0.1, 0.15) is 62.2 Å². The fourth-order valence-electron chi connectivity index (χ4n) is 4.83. The number of ether oxygens (including phenoxy) is 2. The Hall–Kier alpha value is -2.85. The molecule has 3 aliphatic rings. The maximum Gasteiger partial charge on any atom is 0.310 e. The minimum absolute atomic E-state index is 0.0234. The molecule has 11 heteroatoms. The molecule has 4 rings (SSSR count). The van der Waals surface area contributed by atoms with Crippen LogP contribution < -0.4 is 16.4 Å². The number of carbonyl (C=O) groups excluding carboxylic acids is 4. The van der Waals surface area contributed by atoms with E-state index in [1.54, 1.807) is 6.92 Å². The lowest BCUT2D eigenvalue weighted by Gasteiger charge is -2.29. The van der Waals surface area contributed by atoms with Gasteiger partial charge in [0.05, 0.1) is 23.2 Å². The van der Waals surface area contributed by atoms with Gasteiger partial charge in [0.15, 0.2) is 0 Å². The summed E-state index contributed by atoms with van der Waals surface area (Å²) in [7, 11) is 0. The van der Waals surface area contributed by atoms with Crippen LogP contribution in [-0.2, 0) is 23.9 Å². The molecule has 0 aromatic heterocycles. The molecule has 3 amide bonds. The highest BCUT2D eigenvalue weighted by molar-refractivity contribution is 6.33. The molecule has 1 aromatic carbocycles. The van der Waals surface area contributed by atoms with Crippen molar-refractivity contribution in [3.8, 4) is 0 Å². The van der Waals surface area contributed by atoms with Crippen LogP contribution in [0.5, 0.6) is 0 Å². The number of nitrogen functional groups attached to an aromatic ring is 1. The molecule has 2 heterocycles. The number of rotatable bonds is 7. The Balaban J connectivity index is 1.35. The second-order valence-corrected chi connectivity index (χ2v) is 9.75. The van der Waals surface area contributed by atoms with E-state index in [0.717, 1.165) is 25.7 Å². The van der Waals surface area contributed by atoms with Crippen LogP contribution in [0.2, 0.25) is 5.02 Å². The number of benzene rings is 1. The van der Waals surface area contributed by atoms with Crippen LogP contribution in [0, 0.1) is 0 Å².